The second kappa shape index (κ2) is 3.74. The van der Waals surface area contributed by atoms with E-state index in [0.717, 1.165) is 12.8 Å². The maximum atomic E-state index is 12.0. The van der Waals surface area contributed by atoms with Crippen LogP contribution in [-0.2, 0) is 0 Å². The first-order chi connectivity index (χ1) is 7.09. The van der Waals surface area contributed by atoms with Gasteiger partial charge >= 0.3 is 0 Å². The van der Waals surface area contributed by atoms with Gasteiger partial charge in [0.25, 0.3) is 5.91 Å². The minimum atomic E-state index is -0.0255. The molecule has 4 heteroatoms. The average Bonchev–Trinajstić information content (AvgIpc) is 2.99. The van der Waals surface area contributed by atoms with Crippen LogP contribution in [0.5, 0.6) is 0 Å². The fraction of sp³-hybridized carbons (Fsp3) is 0.364. The molecule has 1 amide bonds. The van der Waals surface area contributed by atoms with E-state index in [1.165, 1.54) is 0 Å². The van der Waals surface area contributed by atoms with E-state index >= 15 is 0 Å². The highest BCUT2D eigenvalue weighted by Gasteiger charge is 2.30. The summed E-state index contributed by atoms with van der Waals surface area (Å²) < 4.78 is 0. The van der Waals surface area contributed by atoms with Gasteiger partial charge in [0.05, 0.1) is 10.6 Å². The van der Waals surface area contributed by atoms with Gasteiger partial charge in [-0.1, -0.05) is 11.6 Å². The van der Waals surface area contributed by atoms with Crippen LogP contribution in [0.15, 0.2) is 18.2 Å². The van der Waals surface area contributed by atoms with Crippen molar-refractivity contribution in [1.29, 1.82) is 0 Å². The lowest BCUT2D eigenvalue weighted by atomic mass is 10.2. The Balaban J connectivity index is 2.24. The average molecular weight is 225 g/mol. The number of anilines is 1. The third kappa shape index (κ3) is 2.07. The highest BCUT2D eigenvalue weighted by molar-refractivity contribution is 6.34. The van der Waals surface area contributed by atoms with Crippen molar-refractivity contribution in [2.75, 3.05) is 12.8 Å². The monoisotopic (exact) mass is 224 g/mol. The Kier molecular flexibility index (Phi) is 2.57. The van der Waals surface area contributed by atoms with E-state index in [1.54, 1.807) is 23.1 Å². The zero-order chi connectivity index (χ0) is 11.0. The molecule has 1 aliphatic carbocycles. The third-order valence-electron chi connectivity index (χ3n) is 2.64. The molecule has 2 N–H and O–H groups in total. The second-order valence-corrected chi connectivity index (χ2v) is 4.29. The van der Waals surface area contributed by atoms with Gasteiger partial charge in [-0.3, -0.25) is 4.79 Å². The first-order valence-corrected chi connectivity index (χ1v) is 5.29. The third-order valence-corrected chi connectivity index (χ3v) is 2.95. The number of nitrogen functional groups attached to an aromatic ring is 1. The van der Waals surface area contributed by atoms with Crippen molar-refractivity contribution in [3.63, 3.8) is 0 Å². The maximum Gasteiger partial charge on any atom is 0.255 e. The number of rotatable bonds is 2. The summed E-state index contributed by atoms with van der Waals surface area (Å²) in [5.74, 6) is -0.0255. The number of hydrogen-bond donors (Lipinski definition) is 1. The van der Waals surface area contributed by atoms with Gasteiger partial charge in [0.15, 0.2) is 0 Å². The SMILES string of the molecule is CN(C(=O)c1ccc(N)cc1Cl)C1CC1. The first kappa shape index (κ1) is 10.3. The van der Waals surface area contributed by atoms with E-state index in [0.29, 0.717) is 22.3 Å². The molecule has 0 atom stereocenters. The van der Waals surface area contributed by atoms with Gasteiger partial charge in [-0.2, -0.15) is 0 Å². The summed E-state index contributed by atoms with van der Waals surface area (Å²) in [6.07, 6.45) is 2.18. The molecule has 1 aromatic carbocycles. The van der Waals surface area contributed by atoms with Crippen molar-refractivity contribution in [2.45, 2.75) is 18.9 Å². The molecule has 0 spiro atoms. The predicted octanol–water partition coefficient (Wildman–Crippen LogP) is 2.16. The van der Waals surface area contributed by atoms with Crippen LogP contribution in [0, 0.1) is 0 Å². The van der Waals surface area contributed by atoms with Gasteiger partial charge in [0.1, 0.15) is 0 Å². The number of halogens is 1. The molecule has 0 bridgehead atoms. The molecule has 0 saturated heterocycles. The standard InChI is InChI=1S/C11H13ClN2O/c1-14(8-3-4-8)11(15)9-5-2-7(13)6-10(9)12/h2,5-6,8H,3-4,13H2,1H3. The summed E-state index contributed by atoms with van der Waals surface area (Å²) in [5, 5.41) is 0.424. The molecule has 1 aromatic rings. The molecule has 0 radical (unpaired) electrons. The smallest absolute Gasteiger partial charge is 0.255 e. The number of nitrogens with two attached hydrogens (primary N) is 1. The quantitative estimate of drug-likeness (QED) is 0.783. The van der Waals surface area contributed by atoms with Gasteiger partial charge in [-0.05, 0) is 31.0 Å². The number of carbonyl (C=O) groups is 1. The van der Waals surface area contributed by atoms with Gasteiger partial charge in [-0.15, -0.1) is 0 Å². The van der Waals surface area contributed by atoms with Crippen molar-refractivity contribution in [3.8, 4) is 0 Å². The summed E-state index contributed by atoms with van der Waals surface area (Å²) in [4.78, 5) is 13.7. The van der Waals surface area contributed by atoms with Crippen molar-refractivity contribution >= 4 is 23.2 Å². The van der Waals surface area contributed by atoms with Gasteiger partial charge in [0, 0.05) is 18.8 Å². The van der Waals surface area contributed by atoms with E-state index in [-0.39, 0.29) is 5.91 Å². The fourth-order valence-corrected chi connectivity index (χ4v) is 1.79. The number of carbonyl (C=O) groups excluding carboxylic acids is 1. The molecule has 80 valence electrons. The van der Waals surface area contributed by atoms with Gasteiger partial charge in [-0.25, -0.2) is 0 Å². The van der Waals surface area contributed by atoms with E-state index < -0.39 is 0 Å². The topological polar surface area (TPSA) is 46.3 Å². The lowest BCUT2D eigenvalue weighted by Gasteiger charge is -2.17. The van der Waals surface area contributed by atoms with Crippen LogP contribution in [0.2, 0.25) is 5.02 Å². The van der Waals surface area contributed by atoms with Crippen LogP contribution < -0.4 is 5.73 Å². The van der Waals surface area contributed by atoms with Crippen molar-refractivity contribution in [3.05, 3.63) is 28.8 Å². The number of hydrogen-bond acceptors (Lipinski definition) is 2. The zero-order valence-electron chi connectivity index (χ0n) is 8.53. The Morgan fingerprint density at radius 3 is 2.73 bits per heavy atom. The van der Waals surface area contributed by atoms with Crippen LogP contribution in [-0.4, -0.2) is 23.9 Å². The Labute approximate surface area is 93.8 Å². The summed E-state index contributed by atoms with van der Waals surface area (Å²) in [7, 11) is 1.81. The summed E-state index contributed by atoms with van der Waals surface area (Å²) >= 11 is 5.97. The Bertz CT molecular complexity index is 402. The molecule has 0 heterocycles. The van der Waals surface area contributed by atoms with Crippen LogP contribution in [0.4, 0.5) is 5.69 Å². The van der Waals surface area contributed by atoms with Gasteiger partial charge < -0.3 is 10.6 Å². The first-order valence-electron chi connectivity index (χ1n) is 4.92. The Hall–Kier alpha value is -1.22. The van der Waals surface area contributed by atoms with Gasteiger partial charge in [0.2, 0.25) is 0 Å². The lowest BCUT2D eigenvalue weighted by molar-refractivity contribution is 0.0785. The summed E-state index contributed by atoms with van der Waals surface area (Å²) in [5.41, 5.74) is 6.67. The molecule has 0 unspecified atom stereocenters. The lowest BCUT2D eigenvalue weighted by Crippen LogP contribution is -2.28. The molecule has 15 heavy (non-hydrogen) atoms. The largest absolute Gasteiger partial charge is 0.399 e. The molecule has 1 fully saturated rings. The van der Waals surface area contributed by atoms with E-state index in [2.05, 4.69) is 0 Å². The Morgan fingerprint density at radius 1 is 1.53 bits per heavy atom. The van der Waals surface area contributed by atoms with E-state index in [4.69, 9.17) is 17.3 Å². The van der Waals surface area contributed by atoms with Crippen molar-refractivity contribution < 1.29 is 4.79 Å². The molecular weight excluding hydrogens is 212 g/mol. The van der Waals surface area contributed by atoms with Crippen LogP contribution >= 0.6 is 11.6 Å². The highest BCUT2D eigenvalue weighted by Crippen LogP contribution is 2.28. The molecule has 0 aromatic heterocycles. The van der Waals surface area contributed by atoms with Crippen molar-refractivity contribution in [2.24, 2.45) is 0 Å². The molecular formula is C11H13ClN2O. The van der Waals surface area contributed by atoms with E-state index in [1.807, 2.05) is 7.05 Å². The van der Waals surface area contributed by atoms with Crippen LogP contribution in [0.1, 0.15) is 23.2 Å². The zero-order valence-corrected chi connectivity index (χ0v) is 9.29. The summed E-state index contributed by atoms with van der Waals surface area (Å²) in [6.45, 7) is 0. The molecule has 1 aliphatic rings. The number of amides is 1. The normalized spacial score (nSPS) is 15.1. The van der Waals surface area contributed by atoms with Crippen LogP contribution in [0.3, 0.4) is 0 Å². The Morgan fingerprint density at radius 2 is 2.20 bits per heavy atom. The highest BCUT2D eigenvalue weighted by atomic mass is 35.5. The fourth-order valence-electron chi connectivity index (χ4n) is 1.52. The molecule has 1 saturated carbocycles. The predicted molar refractivity (Wildman–Crippen MR) is 61.0 cm³/mol. The number of benzene rings is 1. The minimum Gasteiger partial charge on any atom is -0.399 e. The van der Waals surface area contributed by atoms with E-state index in [9.17, 15) is 4.79 Å². The maximum absolute atomic E-state index is 12.0. The molecule has 3 nitrogen and oxygen atoms in total. The summed E-state index contributed by atoms with van der Waals surface area (Å²) in [6, 6.07) is 5.37. The molecule has 2 rings (SSSR count). The molecule has 0 aliphatic heterocycles. The van der Waals surface area contributed by atoms with Crippen LogP contribution in [0.25, 0.3) is 0 Å². The van der Waals surface area contributed by atoms with Crippen molar-refractivity contribution in [1.82, 2.24) is 4.90 Å². The number of nitrogens with zero attached hydrogens (tertiary/aromatic N) is 1. The second-order valence-electron chi connectivity index (χ2n) is 3.89. The minimum absolute atomic E-state index is 0.0255.